The molecule has 0 saturated heterocycles. The van der Waals surface area contributed by atoms with Gasteiger partial charge in [0.25, 0.3) is 0 Å². The number of fused-ring (bicyclic) bond motifs is 1. The molecule has 3 rings (SSSR count). The zero-order valence-electron chi connectivity index (χ0n) is 16.8. The average molecular weight is 566 g/mol. The molecule has 2 aromatic carbocycles. The van der Waals surface area contributed by atoms with Crippen LogP contribution in [0.15, 0.2) is 62.5 Å². The highest BCUT2D eigenvalue weighted by atomic mass is 79.9. The average Bonchev–Trinajstić information content (AvgIpc) is 3.06. The molecule has 8 nitrogen and oxygen atoms in total. The molecule has 1 heterocycles. The van der Waals surface area contributed by atoms with Crippen LogP contribution >= 0.6 is 31.9 Å². The first kappa shape index (κ1) is 23.7. The Morgan fingerprint density at radius 2 is 1.94 bits per heavy atom. The number of aliphatic carboxylic acids is 2. The molecule has 1 aliphatic heterocycles. The van der Waals surface area contributed by atoms with E-state index < -0.39 is 23.6 Å². The van der Waals surface area contributed by atoms with Crippen molar-refractivity contribution in [2.45, 2.75) is 18.9 Å². The minimum absolute atomic E-state index is 0.176. The molecule has 1 amide bonds. The van der Waals surface area contributed by atoms with Crippen LogP contribution in [0.1, 0.15) is 18.9 Å². The number of carboxylic acid groups (broad SMARTS) is 2. The van der Waals surface area contributed by atoms with Gasteiger partial charge in [0, 0.05) is 31.5 Å². The maximum Gasteiger partial charge on any atom is 0.411 e. The summed E-state index contributed by atoms with van der Waals surface area (Å²) in [6.45, 7) is 2.11. The van der Waals surface area contributed by atoms with E-state index in [-0.39, 0.29) is 17.7 Å². The van der Waals surface area contributed by atoms with Gasteiger partial charge < -0.3 is 14.9 Å². The van der Waals surface area contributed by atoms with E-state index in [0.717, 1.165) is 6.08 Å². The topological polar surface area (TPSA) is 125 Å². The quantitative estimate of drug-likeness (QED) is 0.441. The summed E-state index contributed by atoms with van der Waals surface area (Å²) >= 11 is 6.79. The van der Waals surface area contributed by atoms with Crippen LogP contribution in [0.3, 0.4) is 0 Å². The Kier molecular flexibility index (Phi) is 7.15. The fourth-order valence-electron chi connectivity index (χ4n) is 3.35. The highest BCUT2D eigenvalue weighted by molar-refractivity contribution is 9.11. The van der Waals surface area contributed by atoms with Crippen molar-refractivity contribution < 1.29 is 29.3 Å². The van der Waals surface area contributed by atoms with Gasteiger partial charge in [-0.2, -0.15) is 0 Å². The fourth-order valence-corrected chi connectivity index (χ4v) is 4.66. The second-order valence-electron chi connectivity index (χ2n) is 6.84. The number of benzene rings is 2. The Balaban J connectivity index is 2.23. The van der Waals surface area contributed by atoms with Crippen LogP contribution in [0.5, 0.6) is 0 Å². The van der Waals surface area contributed by atoms with E-state index in [1.807, 2.05) is 6.92 Å². The van der Waals surface area contributed by atoms with Gasteiger partial charge in [-0.15, -0.1) is 0 Å². The molecule has 0 aromatic heterocycles. The molecule has 0 fully saturated rings. The molecule has 1 atom stereocenters. The van der Waals surface area contributed by atoms with Gasteiger partial charge >= 0.3 is 18.0 Å². The van der Waals surface area contributed by atoms with Gasteiger partial charge in [0.15, 0.2) is 0 Å². The van der Waals surface area contributed by atoms with Gasteiger partial charge in [0.1, 0.15) is 0 Å². The van der Waals surface area contributed by atoms with Crippen molar-refractivity contribution in [3.63, 3.8) is 0 Å². The van der Waals surface area contributed by atoms with Crippen molar-refractivity contribution in [1.82, 2.24) is 0 Å². The molecular formula is C22H18Br2N2O6. The van der Waals surface area contributed by atoms with Crippen LogP contribution in [-0.2, 0) is 19.9 Å². The SMILES string of the molecule is CCCOC(=O)Nc1cccc(C2(C(=O)O)N=c3c(Br)cc(Br)cc3=C2C=CC(=O)O)c1. The van der Waals surface area contributed by atoms with E-state index in [2.05, 4.69) is 42.2 Å². The Morgan fingerprint density at radius 3 is 2.59 bits per heavy atom. The molecule has 2 aromatic rings. The maximum atomic E-state index is 12.7. The number of halogens is 2. The Hall–Kier alpha value is -2.98. The van der Waals surface area contributed by atoms with Crippen LogP contribution < -0.4 is 15.9 Å². The second kappa shape index (κ2) is 9.66. The summed E-state index contributed by atoms with van der Waals surface area (Å²) in [5, 5.41) is 22.9. The summed E-state index contributed by atoms with van der Waals surface area (Å²) in [6, 6.07) is 9.61. The number of carbonyl (C=O) groups is 3. The van der Waals surface area contributed by atoms with Crippen molar-refractivity contribution in [3.05, 3.63) is 73.6 Å². The highest BCUT2D eigenvalue weighted by Crippen LogP contribution is 2.38. The number of nitrogens with one attached hydrogen (secondary N) is 1. The number of rotatable bonds is 7. The van der Waals surface area contributed by atoms with Crippen molar-refractivity contribution in [1.29, 1.82) is 0 Å². The largest absolute Gasteiger partial charge is 0.479 e. The first-order chi connectivity index (χ1) is 15.2. The Morgan fingerprint density at radius 1 is 1.19 bits per heavy atom. The van der Waals surface area contributed by atoms with E-state index in [1.165, 1.54) is 12.1 Å². The van der Waals surface area contributed by atoms with E-state index in [1.54, 1.807) is 30.3 Å². The number of hydrogen-bond acceptors (Lipinski definition) is 5. The van der Waals surface area contributed by atoms with Gasteiger partial charge in [0.05, 0.1) is 12.0 Å². The summed E-state index contributed by atoms with van der Waals surface area (Å²) in [6.07, 6.45) is 2.10. The first-order valence-corrected chi connectivity index (χ1v) is 11.1. The van der Waals surface area contributed by atoms with Crippen LogP contribution in [0.4, 0.5) is 10.5 Å². The smallest absolute Gasteiger partial charge is 0.411 e. The molecule has 0 spiro atoms. The zero-order chi connectivity index (χ0) is 23.5. The third-order valence-corrected chi connectivity index (χ3v) is 5.72. The van der Waals surface area contributed by atoms with E-state index >= 15 is 0 Å². The minimum Gasteiger partial charge on any atom is -0.479 e. The normalized spacial score (nSPS) is 17.0. The molecule has 166 valence electrons. The number of carboxylic acids is 2. The summed E-state index contributed by atoms with van der Waals surface area (Å²) < 4.78 is 6.22. The monoisotopic (exact) mass is 564 g/mol. The third kappa shape index (κ3) is 4.61. The van der Waals surface area contributed by atoms with Crippen molar-refractivity contribution in [3.8, 4) is 0 Å². The number of amides is 1. The summed E-state index contributed by atoms with van der Waals surface area (Å²) in [5.41, 5.74) is -1.20. The Labute approximate surface area is 199 Å². The van der Waals surface area contributed by atoms with Crippen molar-refractivity contribution in [2.24, 2.45) is 4.99 Å². The van der Waals surface area contributed by atoms with Crippen molar-refractivity contribution in [2.75, 3.05) is 11.9 Å². The predicted octanol–water partition coefficient (Wildman–Crippen LogP) is 3.57. The maximum absolute atomic E-state index is 12.7. The molecule has 0 radical (unpaired) electrons. The molecule has 10 heteroatoms. The van der Waals surface area contributed by atoms with Crippen LogP contribution in [-0.4, -0.2) is 34.9 Å². The van der Waals surface area contributed by atoms with Crippen molar-refractivity contribution >= 4 is 61.2 Å². The van der Waals surface area contributed by atoms with Gasteiger partial charge in [-0.05, 0) is 58.3 Å². The highest BCUT2D eigenvalue weighted by Gasteiger charge is 2.46. The second-order valence-corrected chi connectivity index (χ2v) is 8.61. The van der Waals surface area contributed by atoms with Crippen LogP contribution in [0.2, 0.25) is 0 Å². The number of ether oxygens (including phenoxy) is 1. The Bertz CT molecular complexity index is 1260. The molecule has 1 unspecified atom stereocenters. The molecule has 0 bridgehead atoms. The number of anilines is 1. The molecular weight excluding hydrogens is 548 g/mol. The van der Waals surface area contributed by atoms with E-state index in [4.69, 9.17) is 9.84 Å². The predicted molar refractivity (Wildman–Crippen MR) is 124 cm³/mol. The standard InChI is InChI=1S/C22H18Br2N2O6/c1-2-8-32-21(31)25-14-5-3-4-12(9-14)22(20(29)30)16(6-7-18(27)28)15-10-13(23)11-17(24)19(15)26-22/h3-7,9-11H,2,8H2,1H3,(H,25,31)(H,27,28)(H,29,30). The number of carbonyl (C=O) groups excluding carboxylic acids is 1. The van der Waals surface area contributed by atoms with Crippen LogP contribution in [0, 0.1) is 0 Å². The third-order valence-electron chi connectivity index (χ3n) is 4.65. The summed E-state index contributed by atoms with van der Waals surface area (Å²) in [4.78, 5) is 40.4. The molecule has 0 aliphatic carbocycles. The first-order valence-electron chi connectivity index (χ1n) is 9.47. The fraction of sp³-hybridized carbons (Fsp3) is 0.182. The zero-order valence-corrected chi connectivity index (χ0v) is 19.9. The molecule has 3 N–H and O–H groups in total. The number of hydrogen-bond donors (Lipinski definition) is 3. The van der Waals surface area contributed by atoms with Gasteiger partial charge in [-0.1, -0.05) is 35.0 Å². The van der Waals surface area contributed by atoms with Gasteiger partial charge in [-0.3, -0.25) is 10.3 Å². The molecule has 1 aliphatic rings. The lowest BCUT2D eigenvalue weighted by molar-refractivity contribution is -0.141. The molecule has 32 heavy (non-hydrogen) atoms. The lowest BCUT2D eigenvalue weighted by Gasteiger charge is -2.25. The van der Waals surface area contributed by atoms with Crippen LogP contribution in [0.25, 0.3) is 5.57 Å². The van der Waals surface area contributed by atoms with E-state index in [9.17, 15) is 19.5 Å². The summed E-state index contributed by atoms with van der Waals surface area (Å²) in [7, 11) is 0. The molecule has 0 saturated carbocycles. The lowest BCUT2D eigenvalue weighted by atomic mass is 9.82. The van der Waals surface area contributed by atoms with Gasteiger partial charge in [0.2, 0.25) is 5.54 Å². The lowest BCUT2D eigenvalue weighted by Crippen LogP contribution is -2.34. The minimum atomic E-state index is -1.93. The van der Waals surface area contributed by atoms with E-state index in [0.29, 0.717) is 31.6 Å². The number of nitrogens with zero attached hydrogens (tertiary/aromatic N) is 1. The van der Waals surface area contributed by atoms with Gasteiger partial charge in [-0.25, -0.2) is 14.4 Å². The summed E-state index contributed by atoms with van der Waals surface area (Å²) in [5.74, 6) is -2.53.